The third-order valence-electron chi connectivity index (χ3n) is 6.39. The van der Waals surface area contributed by atoms with Crippen LogP contribution in [-0.2, 0) is 14.3 Å². The van der Waals surface area contributed by atoms with Gasteiger partial charge in [0.1, 0.15) is 5.60 Å². The Morgan fingerprint density at radius 3 is 2.41 bits per heavy atom. The van der Waals surface area contributed by atoms with Crippen LogP contribution in [0.5, 0.6) is 0 Å². The lowest BCUT2D eigenvalue weighted by molar-refractivity contribution is -0.162. The number of ether oxygens (including phenoxy) is 1. The fraction of sp³-hybridized carbons (Fsp3) is 0.680. The van der Waals surface area contributed by atoms with Gasteiger partial charge >= 0.3 is 5.97 Å². The number of carbonyl (C=O) groups is 2. The number of hydrogen-bond acceptors (Lipinski definition) is 3. The van der Waals surface area contributed by atoms with E-state index in [9.17, 15) is 9.59 Å². The first-order valence-electron chi connectivity index (χ1n) is 11.3. The summed E-state index contributed by atoms with van der Waals surface area (Å²) in [5.41, 5.74) is 0.391. The zero-order valence-corrected chi connectivity index (χ0v) is 18.5. The van der Waals surface area contributed by atoms with Crippen molar-refractivity contribution in [2.75, 3.05) is 0 Å². The first-order valence-corrected chi connectivity index (χ1v) is 11.3. The van der Waals surface area contributed by atoms with Crippen LogP contribution in [0.4, 0.5) is 0 Å². The van der Waals surface area contributed by atoms with E-state index in [0.717, 1.165) is 44.9 Å². The summed E-state index contributed by atoms with van der Waals surface area (Å²) in [7, 11) is 0. The maximum atomic E-state index is 13.4. The van der Waals surface area contributed by atoms with Gasteiger partial charge in [-0.2, -0.15) is 0 Å². The van der Waals surface area contributed by atoms with Gasteiger partial charge in [0.15, 0.2) is 0 Å². The Morgan fingerprint density at radius 2 is 1.83 bits per heavy atom. The number of benzene rings is 1. The van der Waals surface area contributed by atoms with Gasteiger partial charge < -0.3 is 10.1 Å². The van der Waals surface area contributed by atoms with Crippen LogP contribution in [0, 0.1) is 11.3 Å². The molecule has 2 aliphatic rings. The van der Waals surface area contributed by atoms with Crippen LogP contribution in [0.1, 0.15) is 90.5 Å². The number of hydrogen-bond donors (Lipinski definition) is 1. The van der Waals surface area contributed by atoms with Gasteiger partial charge in [-0.05, 0) is 58.4 Å². The lowest BCUT2D eigenvalue weighted by atomic mass is 9.75. The summed E-state index contributed by atoms with van der Waals surface area (Å²) in [5, 5.41) is 3.33. The second-order valence-electron chi connectivity index (χ2n) is 10.0. The van der Waals surface area contributed by atoms with E-state index in [-0.39, 0.29) is 23.8 Å². The Hall–Kier alpha value is -1.84. The summed E-state index contributed by atoms with van der Waals surface area (Å²) in [4.78, 5) is 26.2. The van der Waals surface area contributed by atoms with Crippen molar-refractivity contribution in [3.63, 3.8) is 0 Å². The van der Waals surface area contributed by atoms with Crippen molar-refractivity contribution in [2.24, 2.45) is 11.3 Å². The molecule has 4 heteroatoms. The van der Waals surface area contributed by atoms with Gasteiger partial charge in [0.05, 0.1) is 11.3 Å². The van der Waals surface area contributed by atoms with Crippen LogP contribution >= 0.6 is 0 Å². The Balaban J connectivity index is 1.66. The predicted octanol–water partition coefficient (Wildman–Crippen LogP) is 5.37. The standard InChI is InChI=1S/C25H37NO3/c1-5-11-19(22(27)29-24(2,3)4)17-25(14-9-10-15-25)23(28)26-21-16-20(21)18-12-7-6-8-13-18/h6-8,12-13,19-21H,5,9-11,14-17H2,1-4H3,(H,26,28)/t19?,20-,21-/m0/s1. The average Bonchev–Trinajstić information content (AvgIpc) is 3.26. The summed E-state index contributed by atoms with van der Waals surface area (Å²) in [5.74, 6) is 0.234. The van der Waals surface area contributed by atoms with Crippen molar-refractivity contribution in [2.45, 2.75) is 96.6 Å². The molecule has 0 aliphatic heterocycles. The Bertz CT molecular complexity index is 701. The zero-order chi connectivity index (χ0) is 21.1. The van der Waals surface area contributed by atoms with E-state index in [1.54, 1.807) is 0 Å². The summed E-state index contributed by atoms with van der Waals surface area (Å²) in [6.45, 7) is 7.81. The first kappa shape index (κ1) is 21.9. The third-order valence-corrected chi connectivity index (χ3v) is 6.39. The van der Waals surface area contributed by atoms with E-state index in [4.69, 9.17) is 4.74 Å². The molecule has 1 amide bonds. The molecule has 29 heavy (non-hydrogen) atoms. The molecule has 0 radical (unpaired) electrons. The first-order chi connectivity index (χ1) is 13.7. The molecule has 0 bridgehead atoms. The van der Waals surface area contributed by atoms with Gasteiger partial charge in [-0.3, -0.25) is 9.59 Å². The largest absolute Gasteiger partial charge is 0.460 e. The van der Waals surface area contributed by atoms with Crippen molar-refractivity contribution in [1.29, 1.82) is 0 Å². The van der Waals surface area contributed by atoms with Gasteiger partial charge in [0.2, 0.25) is 5.91 Å². The molecular formula is C25H37NO3. The second-order valence-corrected chi connectivity index (χ2v) is 10.0. The molecule has 0 aromatic heterocycles. The van der Waals surface area contributed by atoms with E-state index in [1.165, 1.54) is 5.56 Å². The molecule has 1 unspecified atom stereocenters. The molecule has 1 aromatic carbocycles. The van der Waals surface area contributed by atoms with Gasteiger partial charge in [-0.1, -0.05) is 56.5 Å². The summed E-state index contributed by atoms with van der Waals surface area (Å²) < 4.78 is 5.69. The van der Waals surface area contributed by atoms with Crippen molar-refractivity contribution in [3.8, 4) is 0 Å². The van der Waals surface area contributed by atoms with Gasteiger partial charge in [-0.15, -0.1) is 0 Å². The smallest absolute Gasteiger partial charge is 0.309 e. The van der Waals surface area contributed by atoms with Crippen LogP contribution in [-0.4, -0.2) is 23.5 Å². The molecule has 0 heterocycles. The molecule has 0 saturated heterocycles. The molecular weight excluding hydrogens is 362 g/mol. The molecule has 4 nitrogen and oxygen atoms in total. The highest BCUT2D eigenvalue weighted by atomic mass is 16.6. The number of carbonyl (C=O) groups excluding carboxylic acids is 2. The molecule has 3 rings (SSSR count). The van der Waals surface area contributed by atoms with Crippen LogP contribution < -0.4 is 5.32 Å². The Labute approximate surface area is 175 Å². The fourth-order valence-electron chi connectivity index (χ4n) is 4.83. The number of rotatable bonds is 8. The predicted molar refractivity (Wildman–Crippen MR) is 115 cm³/mol. The highest BCUT2D eigenvalue weighted by Crippen LogP contribution is 2.47. The second kappa shape index (κ2) is 8.89. The number of nitrogens with one attached hydrogen (secondary N) is 1. The molecule has 2 saturated carbocycles. The maximum Gasteiger partial charge on any atom is 0.309 e. The van der Waals surface area contributed by atoms with Gasteiger partial charge in [0, 0.05) is 12.0 Å². The fourth-order valence-corrected chi connectivity index (χ4v) is 4.83. The third kappa shape index (κ3) is 5.61. The van der Waals surface area contributed by atoms with E-state index in [2.05, 4.69) is 36.5 Å². The van der Waals surface area contributed by atoms with Crippen molar-refractivity contribution in [3.05, 3.63) is 35.9 Å². The van der Waals surface area contributed by atoms with Crippen LogP contribution in [0.25, 0.3) is 0 Å². The minimum Gasteiger partial charge on any atom is -0.460 e. The topological polar surface area (TPSA) is 55.4 Å². The molecule has 1 N–H and O–H groups in total. The van der Waals surface area contributed by atoms with Crippen molar-refractivity contribution >= 4 is 11.9 Å². The average molecular weight is 400 g/mol. The normalized spacial score (nSPS) is 24.0. The number of esters is 1. The lowest BCUT2D eigenvalue weighted by Crippen LogP contribution is -2.43. The van der Waals surface area contributed by atoms with Crippen molar-refractivity contribution in [1.82, 2.24) is 5.32 Å². The minimum atomic E-state index is -0.495. The van der Waals surface area contributed by atoms with Crippen LogP contribution in [0.3, 0.4) is 0 Å². The van der Waals surface area contributed by atoms with Gasteiger partial charge in [0.25, 0.3) is 0 Å². The monoisotopic (exact) mass is 399 g/mol. The van der Waals surface area contributed by atoms with E-state index in [0.29, 0.717) is 12.3 Å². The summed E-state index contributed by atoms with van der Waals surface area (Å²) >= 11 is 0. The van der Waals surface area contributed by atoms with Gasteiger partial charge in [-0.25, -0.2) is 0 Å². The lowest BCUT2D eigenvalue weighted by Gasteiger charge is -2.32. The zero-order valence-electron chi connectivity index (χ0n) is 18.5. The highest BCUT2D eigenvalue weighted by molar-refractivity contribution is 5.84. The van der Waals surface area contributed by atoms with Crippen molar-refractivity contribution < 1.29 is 14.3 Å². The summed E-state index contributed by atoms with van der Waals surface area (Å²) in [6.07, 6.45) is 7.21. The van der Waals surface area contributed by atoms with E-state index >= 15 is 0 Å². The molecule has 2 aliphatic carbocycles. The number of amides is 1. The molecule has 1 aromatic rings. The van der Waals surface area contributed by atoms with Crippen LogP contribution in [0.15, 0.2) is 30.3 Å². The summed E-state index contributed by atoms with van der Waals surface area (Å²) in [6, 6.07) is 10.7. The highest BCUT2D eigenvalue weighted by Gasteiger charge is 2.48. The van der Waals surface area contributed by atoms with E-state index < -0.39 is 11.0 Å². The van der Waals surface area contributed by atoms with E-state index in [1.807, 2.05) is 26.8 Å². The quantitative estimate of drug-likeness (QED) is 0.598. The maximum absolute atomic E-state index is 13.4. The molecule has 0 spiro atoms. The molecule has 160 valence electrons. The SMILES string of the molecule is CCCC(CC1(C(=O)N[C@H]2C[C@H]2c2ccccc2)CCCC1)C(=O)OC(C)(C)C. The Morgan fingerprint density at radius 1 is 1.17 bits per heavy atom. The van der Waals surface area contributed by atoms with Crippen LogP contribution in [0.2, 0.25) is 0 Å². The minimum absolute atomic E-state index is 0.146. The molecule has 3 atom stereocenters. The molecule has 2 fully saturated rings. The Kier molecular flexibility index (Phi) is 6.70.